The molecule has 0 saturated heterocycles. The van der Waals surface area contributed by atoms with Crippen LogP contribution in [0.3, 0.4) is 0 Å². The van der Waals surface area contributed by atoms with Gasteiger partial charge in [0, 0.05) is 6.42 Å². The second kappa shape index (κ2) is 59.4. The van der Waals surface area contributed by atoms with E-state index in [0.717, 1.165) is 51.4 Å². The molecule has 0 aliphatic carbocycles. The summed E-state index contributed by atoms with van der Waals surface area (Å²) in [5.74, 6) is -0.0586. The van der Waals surface area contributed by atoms with E-state index in [-0.39, 0.29) is 12.5 Å². The van der Waals surface area contributed by atoms with Crippen LogP contribution in [0, 0.1) is 0 Å². The fourth-order valence-electron chi connectivity index (χ4n) is 9.41. The predicted molar refractivity (Wildman–Crippen MR) is 304 cm³/mol. The van der Waals surface area contributed by atoms with Crippen LogP contribution in [-0.2, 0) is 4.79 Å². The van der Waals surface area contributed by atoms with Crippen LogP contribution in [-0.4, -0.2) is 34.9 Å². The molecule has 1 amide bonds. The zero-order valence-corrected chi connectivity index (χ0v) is 45.9. The second-order valence-electron chi connectivity index (χ2n) is 20.7. The molecule has 0 spiro atoms. The van der Waals surface area contributed by atoms with Gasteiger partial charge in [-0.15, -0.1) is 0 Å². The molecule has 0 saturated carbocycles. The first-order valence-electron chi connectivity index (χ1n) is 30.5. The van der Waals surface area contributed by atoms with E-state index >= 15 is 0 Å². The molecule has 3 N–H and O–H groups in total. The van der Waals surface area contributed by atoms with Crippen molar-refractivity contribution in [1.29, 1.82) is 0 Å². The van der Waals surface area contributed by atoms with E-state index in [1.54, 1.807) is 6.08 Å². The molecule has 0 aliphatic heterocycles. The summed E-state index contributed by atoms with van der Waals surface area (Å²) in [6, 6.07) is -0.622. The van der Waals surface area contributed by atoms with Gasteiger partial charge >= 0.3 is 0 Å². The number of nitrogens with one attached hydrogen (secondary N) is 1. The van der Waals surface area contributed by atoms with Crippen LogP contribution in [0.5, 0.6) is 0 Å². The SMILES string of the molecule is CC/C=C\C/C=C\C/C=C\C/C=C\CCCCCCCCCCCCCCCCCCCCCCCCC(=O)NC(CO)C(O)/C=C/CCCCCCCCCCCCCCCCCCCCC. The number of aliphatic hydroxyl groups is 2. The van der Waals surface area contributed by atoms with Crippen LogP contribution in [0.15, 0.2) is 60.8 Å². The minimum absolute atomic E-state index is 0.0586. The quantitative estimate of drug-likeness (QED) is 0.0420. The molecule has 0 rings (SSSR count). The summed E-state index contributed by atoms with van der Waals surface area (Å²) in [5, 5.41) is 23.2. The third kappa shape index (κ3) is 55.0. The highest BCUT2D eigenvalue weighted by Crippen LogP contribution is 2.18. The van der Waals surface area contributed by atoms with Crippen molar-refractivity contribution in [3.05, 3.63) is 60.8 Å². The molecule has 0 radical (unpaired) electrons. The molecular formula is C64H119NO3. The third-order valence-electron chi connectivity index (χ3n) is 14.0. The molecule has 2 atom stereocenters. The van der Waals surface area contributed by atoms with Crippen LogP contribution in [0.1, 0.15) is 322 Å². The highest BCUT2D eigenvalue weighted by atomic mass is 16.3. The largest absolute Gasteiger partial charge is 0.394 e. The number of hydrogen-bond acceptors (Lipinski definition) is 3. The summed E-state index contributed by atoms with van der Waals surface area (Å²) in [6.07, 6.45) is 84.1. The van der Waals surface area contributed by atoms with Crippen LogP contribution in [0.2, 0.25) is 0 Å². The highest BCUT2D eigenvalue weighted by molar-refractivity contribution is 5.76. The Labute approximate surface area is 426 Å². The van der Waals surface area contributed by atoms with Gasteiger partial charge in [0.1, 0.15) is 0 Å². The van der Waals surface area contributed by atoms with Crippen LogP contribution in [0.25, 0.3) is 0 Å². The zero-order chi connectivity index (χ0) is 49.2. The molecule has 68 heavy (non-hydrogen) atoms. The smallest absolute Gasteiger partial charge is 0.220 e. The Balaban J connectivity index is 3.44. The van der Waals surface area contributed by atoms with Gasteiger partial charge < -0.3 is 15.5 Å². The number of rotatable bonds is 56. The minimum Gasteiger partial charge on any atom is -0.394 e. The molecule has 0 aliphatic rings. The Kier molecular flexibility index (Phi) is 57.7. The number of carbonyl (C=O) groups is 1. The monoisotopic (exact) mass is 950 g/mol. The van der Waals surface area contributed by atoms with Gasteiger partial charge in [0.05, 0.1) is 18.8 Å². The highest BCUT2D eigenvalue weighted by Gasteiger charge is 2.18. The first-order chi connectivity index (χ1) is 33.7. The summed E-state index contributed by atoms with van der Waals surface area (Å²) < 4.78 is 0. The molecule has 0 aromatic heterocycles. The van der Waals surface area contributed by atoms with Gasteiger partial charge in [-0.2, -0.15) is 0 Å². The summed E-state index contributed by atoms with van der Waals surface area (Å²) in [6.45, 7) is 4.23. The lowest BCUT2D eigenvalue weighted by Crippen LogP contribution is -2.45. The molecule has 2 unspecified atom stereocenters. The molecule has 0 fully saturated rings. The molecular weight excluding hydrogens is 831 g/mol. The number of allylic oxidation sites excluding steroid dienone is 9. The number of unbranched alkanes of at least 4 members (excludes halogenated alkanes) is 41. The lowest BCUT2D eigenvalue weighted by molar-refractivity contribution is -0.123. The summed E-state index contributed by atoms with van der Waals surface area (Å²) >= 11 is 0. The standard InChI is InChI=1S/C64H119NO3/c1-3-5-7-9-11-13-15-17-19-21-23-25-26-27-28-29-30-31-32-33-34-35-36-37-38-40-42-44-46-48-50-52-54-56-58-60-64(68)65-62(61-66)63(67)59-57-55-53-51-49-47-45-43-41-39-24-22-20-18-16-14-12-10-8-6-4-2/h5,7,11,13,17,19,23,25,57,59,62-63,66-67H,3-4,6,8-10,12,14-16,18,20-22,24,26-56,58,60-61H2,1-2H3,(H,65,68)/b7-5-,13-11-,19-17-,25-23-,59-57+. The van der Waals surface area contributed by atoms with Crippen molar-refractivity contribution in [3.63, 3.8) is 0 Å². The summed E-state index contributed by atoms with van der Waals surface area (Å²) in [7, 11) is 0. The Bertz CT molecular complexity index is 1120. The van der Waals surface area contributed by atoms with Crippen LogP contribution >= 0.6 is 0 Å². The maximum Gasteiger partial charge on any atom is 0.220 e. The van der Waals surface area contributed by atoms with Crippen molar-refractivity contribution >= 4 is 5.91 Å². The molecule has 0 bridgehead atoms. The third-order valence-corrected chi connectivity index (χ3v) is 14.0. The predicted octanol–water partition coefficient (Wildman–Crippen LogP) is 20.4. The van der Waals surface area contributed by atoms with Crippen molar-refractivity contribution in [2.24, 2.45) is 0 Å². The van der Waals surface area contributed by atoms with Gasteiger partial charge in [-0.05, 0) is 57.8 Å². The molecule has 398 valence electrons. The normalized spacial score (nSPS) is 13.2. The first kappa shape index (κ1) is 66.1. The van der Waals surface area contributed by atoms with Gasteiger partial charge in [-0.25, -0.2) is 0 Å². The van der Waals surface area contributed by atoms with Crippen LogP contribution in [0.4, 0.5) is 0 Å². The van der Waals surface area contributed by atoms with Gasteiger partial charge in [0.15, 0.2) is 0 Å². The lowest BCUT2D eigenvalue weighted by Gasteiger charge is -2.20. The Morgan fingerprint density at radius 1 is 0.368 bits per heavy atom. The zero-order valence-electron chi connectivity index (χ0n) is 45.9. The van der Waals surface area contributed by atoms with Gasteiger partial charge in [-0.1, -0.05) is 319 Å². The average molecular weight is 951 g/mol. The average Bonchev–Trinajstić information content (AvgIpc) is 3.34. The van der Waals surface area contributed by atoms with E-state index in [0.29, 0.717) is 6.42 Å². The molecule has 4 heteroatoms. The van der Waals surface area contributed by atoms with E-state index < -0.39 is 12.1 Å². The summed E-state index contributed by atoms with van der Waals surface area (Å²) in [5.41, 5.74) is 0. The Morgan fingerprint density at radius 3 is 0.971 bits per heavy atom. The van der Waals surface area contributed by atoms with E-state index in [9.17, 15) is 15.0 Å². The molecule has 0 aromatic carbocycles. The Morgan fingerprint density at radius 2 is 0.647 bits per heavy atom. The molecule has 0 heterocycles. The van der Waals surface area contributed by atoms with E-state index in [1.807, 2.05) is 6.08 Å². The van der Waals surface area contributed by atoms with Crippen molar-refractivity contribution < 1.29 is 15.0 Å². The van der Waals surface area contributed by atoms with E-state index in [2.05, 4.69) is 67.8 Å². The van der Waals surface area contributed by atoms with Crippen molar-refractivity contribution in [2.75, 3.05) is 6.61 Å². The van der Waals surface area contributed by atoms with Gasteiger partial charge in [0.25, 0.3) is 0 Å². The molecule has 4 nitrogen and oxygen atoms in total. The van der Waals surface area contributed by atoms with Crippen molar-refractivity contribution in [1.82, 2.24) is 5.32 Å². The number of hydrogen-bond donors (Lipinski definition) is 3. The second-order valence-corrected chi connectivity index (χ2v) is 20.7. The lowest BCUT2D eigenvalue weighted by atomic mass is 10.0. The fourth-order valence-corrected chi connectivity index (χ4v) is 9.41. The maximum absolute atomic E-state index is 12.5. The van der Waals surface area contributed by atoms with Gasteiger partial charge in [0.2, 0.25) is 5.91 Å². The van der Waals surface area contributed by atoms with Crippen molar-refractivity contribution in [3.8, 4) is 0 Å². The van der Waals surface area contributed by atoms with Crippen LogP contribution < -0.4 is 5.32 Å². The van der Waals surface area contributed by atoms with Gasteiger partial charge in [-0.3, -0.25) is 4.79 Å². The minimum atomic E-state index is -0.839. The number of aliphatic hydroxyl groups excluding tert-OH is 2. The molecule has 0 aromatic rings. The maximum atomic E-state index is 12.5. The first-order valence-corrected chi connectivity index (χ1v) is 30.5. The van der Waals surface area contributed by atoms with E-state index in [1.165, 1.54) is 250 Å². The fraction of sp³-hybridized carbons (Fsp3) is 0.828. The topological polar surface area (TPSA) is 69.6 Å². The Hall–Kier alpha value is -1.91. The summed E-state index contributed by atoms with van der Waals surface area (Å²) in [4.78, 5) is 12.5. The van der Waals surface area contributed by atoms with Crippen molar-refractivity contribution in [2.45, 2.75) is 334 Å². The number of carbonyl (C=O) groups excluding carboxylic acids is 1. The van der Waals surface area contributed by atoms with E-state index in [4.69, 9.17) is 0 Å². The number of amides is 1.